The Morgan fingerprint density at radius 3 is 2.93 bits per heavy atom. The molecule has 0 aromatic heterocycles. The van der Waals surface area contributed by atoms with Gasteiger partial charge in [-0.05, 0) is 30.2 Å². The van der Waals surface area contributed by atoms with Gasteiger partial charge in [0, 0.05) is 12.1 Å². The summed E-state index contributed by atoms with van der Waals surface area (Å²) < 4.78 is 4.59. The molecule has 2 N–H and O–H groups in total. The molecule has 0 aliphatic heterocycles. The van der Waals surface area contributed by atoms with Crippen molar-refractivity contribution in [2.24, 2.45) is 0 Å². The number of carbonyl (C=O) groups excluding carboxylic acids is 1. The molecular weight excluding hydrogens is 192 g/mol. The van der Waals surface area contributed by atoms with Crippen molar-refractivity contribution in [2.45, 2.75) is 12.8 Å². The SMILES string of the molecule is COC(=O)c1ccc(N)c(CCC#N)c1. The molecule has 0 unspecified atom stereocenters. The number of carbonyl (C=O) groups is 1. The average Bonchev–Trinajstić information content (AvgIpc) is 2.27. The first-order chi connectivity index (χ1) is 7.19. The molecule has 1 rings (SSSR count). The smallest absolute Gasteiger partial charge is 0.337 e. The molecule has 0 saturated carbocycles. The summed E-state index contributed by atoms with van der Waals surface area (Å²) in [4.78, 5) is 11.2. The van der Waals surface area contributed by atoms with Crippen LogP contribution in [0.25, 0.3) is 0 Å². The molecule has 4 heteroatoms. The van der Waals surface area contributed by atoms with Crippen LogP contribution in [0.15, 0.2) is 18.2 Å². The number of esters is 1. The minimum absolute atomic E-state index is 0.384. The van der Waals surface area contributed by atoms with Crippen molar-refractivity contribution in [2.75, 3.05) is 12.8 Å². The van der Waals surface area contributed by atoms with Crippen molar-refractivity contribution in [1.29, 1.82) is 5.26 Å². The lowest BCUT2D eigenvalue weighted by Gasteiger charge is -2.05. The lowest BCUT2D eigenvalue weighted by molar-refractivity contribution is 0.0600. The largest absolute Gasteiger partial charge is 0.465 e. The van der Waals surface area contributed by atoms with Crippen molar-refractivity contribution in [3.8, 4) is 6.07 Å². The predicted octanol–water partition coefficient (Wildman–Crippen LogP) is 1.51. The second kappa shape index (κ2) is 5.01. The standard InChI is InChI=1S/C11H12N2O2/c1-15-11(14)9-4-5-10(13)8(7-9)3-2-6-12/h4-5,7H,2-3,13H2,1H3. The number of aryl methyl sites for hydroxylation is 1. The van der Waals surface area contributed by atoms with E-state index in [4.69, 9.17) is 11.0 Å². The van der Waals surface area contributed by atoms with Gasteiger partial charge >= 0.3 is 5.97 Å². The van der Waals surface area contributed by atoms with Crippen LogP contribution in [-0.2, 0) is 11.2 Å². The van der Waals surface area contributed by atoms with Crippen molar-refractivity contribution >= 4 is 11.7 Å². The topological polar surface area (TPSA) is 76.1 Å². The number of methoxy groups -OCH3 is 1. The molecule has 15 heavy (non-hydrogen) atoms. The van der Waals surface area contributed by atoms with E-state index in [1.807, 2.05) is 6.07 Å². The first-order valence-electron chi connectivity index (χ1n) is 4.52. The summed E-state index contributed by atoms with van der Waals surface area (Å²) in [6.45, 7) is 0. The molecule has 0 spiro atoms. The van der Waals surface area contributed by atoms with Gasteiger partial charge in [-0.25, -0.2) is 4.79 Å². The van der Waals surface area contributed by atoms with Gasteiger partial charge in [0.15, 0.2) is 0 Å². The third kappa shape index (κ3) is 2.71. The molecule has 0 bridgehead atoms. The van der Waals surface area contributed by atoms with Crippen LogP contribution in [0.5, 0.6) is 0 Å². The second-order valence-electron chi connectivity index (χ2n) is 3.06. The van der Waals surface area contributed by atoms with Gasteiger partial charge in [-0.3, -0.25) is 0 Å². The number of nitrogen functional groups attached to an aromatic ring is 1. The molecule has 0 aliphatic carbocycles. The summed E-state index contributed by atoms with van der Waals surface area (Å²) in [6, 6.07) is 6.96. The Morgan fingerprint density at radius 2 is 2.33 bits per heavy atom. The van der Waals surface area contributed by atoms with Crippen molar-refractivity contribution in [3.05, 3.63) is 29.3 Å². The fourth-order valence-electron chi connectivity index (χ4n) is 1.26. The number of nitriles is 1. The molecule has 1 aromatic carbocycles. The minimum Gasteiger partial charge on any atom is -0.465 e. The molecule has 0 fully saturated rings. The van der Waals surface area contributed by atoms with E-state index in [0.717, 1.165) is 5.56 Å². The van der Waals surface area contributed by atoms with E-state index in [2.05, 4.69) is 4.74 Å². The number of nitrogens with two attached hydrogens (primary N) is 1. The van der Waals surface area contributed by atoms with Crippen molar-refractivity contribution < 1.29 is 9.53 Å². The molecule has 0 saturated heterocycles. The molecule has 0 aliphatic rings. The van der Waals surface area contributed by atoms with Gasteiger partial charge in [-0.15, -0.1) is 0 Å². The van der Waals surface area contributed by atoms with Crippen molar-refractivity contribution in [1.82, 2.24) is 0 Å². The van der Waals surface area contributed by atoms with Crippen LogP contribution < -0.4 is 5.73 Å². The van der Waals surface area contributed by atoms with Crippen LogP contribution in [0.2, 0.25) is 0 Å². The highest BCUT2D eigenvalue weighted by atomic mass is 16.5. The maximum atomic E-state index is 11.2. The summed E-state index contributed by atoms with van der Waals surface area (Å²) >= 11 is 0. The zero-order valence-electron chi connectivity index (χ0n) is 8.49. The van der Waals surface area contributed by atoms with Crippen LogP contribution in [0.4, 0.5) is 5.69 Å². The van der Waals surface area contributed by atoms with E-state index < -0.39 is 5.97 Å². The fraction of sp³-hybridized carbons (Fsp3) is 0.273. The van der Waals surface area contributed by atoms with E-state index in [0.29, 0.717) is 24.1 Å². The highest BCUT2D eigenvalue weighted by molar-refractivity contribution is 5.90. The Bertz CT molecular complexity index is 408. The molecule has 78 valence electrons. The number of nitrogens with zero attached hydrogens (tertiary/aromatic N) is 1. The number of benzene rings is 1. The second-order valence-corrected chi connectivity index (χ2v) is 3.06. The molecule has 0 radical (unpaired) electrons. The zero-order chi connectivity index (χ0) is 11.3. The Morgan fingerprint density at radius 1 is 1.60 bits per heavy atom. The van der Waals surface area contributed by atoms with E-state index >= 15 is 0 Å². The lowest BCUT2D eigenvalue weighted by atomic mass is 10.0. The molecule has 1 aromatic rings. The van der Waals surface area contributed by atoms with E-state index in [1.165, 1.54) is 7.11 Å². The third-order valence-electron chi connectivity index (χ3n) is 2.07. The summed E-state index contributed by atoms with van der Waals surface area (Å²) in [5, 5.41) is 8.46. The van der Waals surface area contributed by atoms with Crippen LogP contribution in [0.1, 0.15) is 22.3 Å². The molecule has 4 nitrogen and oxygen atoms in total. The first kappa shape index (κ1) is 11.1. The monoisotopic (exact) mass is 204 g/mol. The Hall–Kier alpha value is -2.02. The molecular formula is C11H12N2O2. The quantitative estimate of drug-likeness (QED) is 0.598. The summed E-state index contributed by atoms with van der Waals surface area (Å²) in [7, 11) is 1.33. The minimum atomic E-state index is -0.395. The number of rotatable bonds is 3. The van der Waals surface area contributed by atoms with Crippen LogP contribution in [-0.4, -0.2) is 13.1 Å². The van der Waals surface area contributed by atoms with Gasteiger partial charge in [-0.2, -0.15) is 5.26 Å². The van der Waals surface area contributed by atoms with Crippen LogP contribution in [0, 0.1) is 11.3 Å². The fourth-order valence-corrected chi connectivity index (χ4v) is 1.26. The molecule has 0 heterocycles. The molecule has 0 amide bonds. The van der Waals surface area contributed by atoms with Crippen LogP contribution in [0.3, 0.4) is 0 Å². The van der Waals surface area contributed by atoms with Gasteiger partial charge < -0.3 is 10.5 Å². The maximum Gasteiger partial charge on any atom is 0.337 e. The number of hydrogen-bond donors (Lipinski definition) is 1. The van der Waals surface area contributed by atoms with Gasteiger partial charge in [0.2, 0.25) is 0 Å². The third-order valence-corrected chi connectivity index (χ3v) is 2.07. The van der Waals surface area contributed by atoms with Gasteiger partial charge in [-0.1, -0.05) is 0 Å². The van der Waals surface area contributed by atoms with Gasteiger partial charge in [0.25, 0.3) is 0 Å². The highest BCUT2D eigenvalue weighted by Gasteiger charge is 2.07. The lowest BCUT2D eigenvalue weighted by Crippen LogP contribution is -2.03. The van der Waals surface area contributed by atoms with E-state index in [9.17, 15) is 4.79 Å². The van der Waals surface area contributed by atoms with E-state index in [1.54, 1.807) is 18.2 Å². The first-order valence-corrected chi connectivity index (χ1v) is 4.52. The zero-order valence-corrected chi connectivity index (χ0v) is 8.49. The van der Waals surface area contributed by atoms with Gasteiger partial charge in [0.05, 0.1) is 18.7 Å². The Balaban J connectivity index is 2.95. The van der Waals surface area contributed by atoms with Crippen molar-refractivity contribution in [3.63, 3.8) is 0 Å². The number of ether oxygens (including phenoxy) is 1. The molecule has 0 atom stereocenters. The van der Waals surface area contributed by atoms with Gasteiger partial charge in [0.1, 0.15) is 0 Å². The maximum absolute atomic E-state index is 11.2. The number of anilines is 1. The van der Waals surface area contributed by atoms with Crippen LogP contribution >= 0.6 is 0 Å². The predicted molar refractivity (Wildman–Crippen MR) is 56.1 cm³/mol. The summed E-state index contributed by atoms with van der Waals surface area (Å²) in [5.41, 5.74) is 7.57. The normalized spacial score (nSPS) is 9.33. The Kier molecular flexibility index (Phi) is 3.69. The Labute approximate surface area is 88.3 Å². The highest BCUT2D eigenvalue weighted by Crippen LogP contribution is 2.16. The summed E-state index contributed by atoms with van der Waals surface area (Å²) in [5.74, 6) is -0.395. The number of hydrogen-bond acceptors (Lipinski definition) is 4. The average molecular weight is 204 g/mol. The summed E-state index contributed by atoms with van der Waals surface area (Å²) in [6.07, 6.45) is 0.933. The van der Waals surface area contributed by atoms with E-state index in [-0.39, 0.29) is 0 Å².